The van der Waals surface area contributed by atoms with E-state index in [0.717, 1.165) is 17.3 Å². The minimum Gasteiger partial charge on any atom is -0.368 e. The van der Waals surface area contributed by atoms with Crippen LogP contribution in [0.2, 0.25) is 0 Å². The first-order valence-corrected chi connectivity index (χ1v) is 8.42. The summed E-state index contributed by atoms with van der Waals surface area (Å²) in [4.78, 5) is 2.69. The Bertz CT molecular complexity index is 385. The van der Waals surface area contributed by atoms with Crippen LogP contribution in [0.15, 0.2) is 24.3 Å². The normalized spacial score (nSPS) is 27.9. The molecule has 1 aromatic carbocycles. The highest BCUT2D eigenvalue weighted by molar-refractivity contribution is 9.08. The quantitative estimate of drug-likeness (QED) is 0.713. The molecule has 0 N–H and O–H groups in total. The van der Waals surface area contributed by atoms with Crippen molar-refractivity contribution in [1.29, 1.82) is 0 Å². The van der Waals surface area contributed by atoms with Crippen molar-refractivity contribution in [3.05, 3.63) is 29.8 Å². The Morgan fingerprint density at radius 3 is 2.50 bits per heavy atom. The maximum absolute atomic E-state index is 3.52. The fraction of sp³-hybridized carbons (Fsp3) is 0.625. The lowest BCUT2D eigenvalue weighted by molar-refractivity contribution is 0.244. The number of fused-ring (bicyclic) bond motifs is 1. The summed E-state index contributed by atoms with van der Waals surface area (Å²) in [5, 5.41) is 0.958. The summed E-state index contributed by atoms with van der Waals surface area (Å²) in [5.41, 5.74) is 2.81. The Morgan fingerprint density at radius 2 is 1.72 bits per heavy atom. The molecule has 2 aliphatic rings. The topological polar surface area (TPSA) is 3.24 Å². The molecule has 3 rings (SSSR count). The van der Waals surface area contributed by atoms with Crippen molar-refractivity contribution in [2.45, 2.75) is 49.9 Å². The first kappa shape index (κ1) is 12.5. The smallest absolute Gasteiger partial charge is 0.0368 e. The van der Waals surface area contributed by atoms with Gasteiger partial charge in [0.2, 0.25) is 0 Å². The summed E-state index contributed by atoms with van der Waals surface area (Å²) >= 11 is 3.52. The van der Waals surface area contributed by atoms with Gasteiger partial charge in [-0.1, -0.05) is 40.9 Å². The number of hydrogen-bond acceptors (Lipinski definition) is 1. The molecule has 2 atom stereocenters. The first-order chi connectivity index (χ1) is 8.88. The Balaban J connectivity index is 1.80. The molecule has 1 aliphatic carbocycles. The fourth-order valence-corrected chi connectivity index (χ4v) is 4.10. The van der Waals surface area contributed by atoms with Crippen LogP contribution >= 0.6 is 15.9 Å². The van der Waals surface area contributed by atoms with Gasteiger partial charge in [0.25, 0.3) is 0 Å². The van der Waals surface area contributed by atoms with E-state index in [-0.39, 0.29) is 0 Å². The predicted octanol–water partition coefficient (Wildman–Crippen LogP) is 4.74. The summed E-state index contributed by atoms with van der Waals surface area (Å²) in [6.07, 6.45) is 8.59. The van der Waals surface area contributed by atoms with Crippen molar-refractivity contribution in [2.24, 2.45) is 5.92 Å². The van der Waals surface area contributed by atoms with Gasteiger partial charge in [-0.25, -0.2) is 0 Å². The van der Waals surface area contributed by atoms with Gasteiger partial charge >= 0.3 is 0 Å². The molecule has 0 amide bonds. The highest BCUT2D eigenvalue weighted by Gasteiger charge is 2.33. The molecule has 1 aromatic rings. The van der Waals surface area contributed by atoms with E-state index in [4.69, 9.17) is 0 Å². The fourth-order valence-electron chi connectivity index (χ4n) is 3.72. The van der Waals surface area contributed by atoms with Crippen molar-refractivity contribution in [3.8, 4) is 0 Å². The van der Waals surface area contributed by atoms with Crippen molar-refractivity contribution in [2.75, 3.05) is 11.4 Å². The van der Waals surface area contributed by atoms with Crippen LogP contribution in [-0.2, 0) is 5.33 Å². The Kier molecular flexibility index (Phi) is 3.93. The highest BCUT2D eigenvalue weighted by Crippen LogP contribution is 2.37. The van der Waals surface area contributed by atoms with Crippen molar-refractivity contribution in [1.82, 2.24) is 0 Å². The van der Waals surface area contributed by atoms with Crippen molar-refractivity contribution < 1.29 is 0 Å². The third kappa shape index (κ3) is 2.45. The molecule has 2 unspecified atom stereocenters. The number of hydrogen-bond donors (Lipinski definition) is 0. The van der Waals surface area contributed by atoms with Gasteiger partial charge in [-0.05, 0) is 49.3 Å². The Hall–Kier alpha value is -0.500. The largest absolute Gasteiger partial charge is 0.368 e. The van der Waals surface area contributed by atoms with Crippen LogP contribution in [0, 0.1) is 5.92 Å². The standard InChI is InChI=1S/C16H22BrN/c17-12-13-7-9-15(10-8-13)18-11-3-5-14-4-1-2-6-16(14)18/h7-10,14,16H,1-6,11-12H2. The molecule has 0 aromatic heterocycles. The van der Waals surface area contributed by atoms with Gasteiger partial charge in [-0.15, -0.1) is 0 Å². The van der Waals surface area contributed by atoms with Crippen LogP contribution < -0.4 is 4.90 Å². The van der Waals surface area contributed by atoms with Crippen LogP contribution in [0.4, 0.5) is 5.69 Å². The molecular weight excluding hydrogens is 286 g/mol. The Labute approximate surface area is 119 Å². The second-order valence-electron chi connectivity index (χ2n) is 5.75. The molecule has 0 radical (unpaired) electrons. The van der Waals surface area contributed by atoms with Gasteiger partial charge in [0.05, 0.1) is 0 Å². The van der Waals surface area contributed by atoms with E-state index >= 15 is 0 Å². The lowest BCUT2D eigenvalue weighted by atomic mass is 9.78. The number of halogens is 1. The van der Waals surface area contributed by atoms with Crippen LogP contribution in [0.25, 0.3) is 0 Å². The van der Waals surface area contributed by atoms with Crippen molar-refractivity contribution in [3.63, 3.8) is 0 Å². The number of piperidine rings is 1. The summed E-state index contributed by atoms with van der Waals surface area (Å²) in [7, 11) is 0. The molecule has 2 fully saturated rings. The molecule has 1 saturated heterocycles. The van der Waals surface area contributed by atoms with Crippen LogP contribution in [-0.4, -0.2) is 12.6 Å². The van der Waals surface area contributed by atoms with Gasteiger partial charge in [0, 0.05) is 23.6 Å². The molecule has 1 aliphatic heterocycles. The van der Waals surface area contributed by atoms with E-state index < -0.39 is 0 Å². The zero-order chi connectivity index (χ0) is 12.4. The molecule has 98 valence electrons. The molecule has 0 bridgehead atoms. The third-order valence-electron chi connectivity index (χ3n) is 4.67. The molecule has 2 heteroatoms. The zero-order valence-electron chi connectivity index (χ0n) is 10.9. The monoisotopic (exact) mass is 307 g/mol. The van der Waals surface area contributed by atoms with Gasteiger partial charge < -0.3 is 4.90 Å². The number of rotatable bonds is 2. The maximum Gasteiger partial charge on any atom is 0.0368 e. The molecular formula is C16H22BrN. The first-order valence-electron chi connectivity index (χ1n) is 7.30. The SMILES string of the molecule is BrCc1ccc(N2CCCC3CCCCC32)cc1. The van der Waals surface area contributed by atoms with Gasteiger partial charge in [-0.3, -0.25) is 0 Å². The summed E-state index contributed by atoms with van der Waals surface area (Å²) in [6, 6.07) is 9.97. The number of anilines is 1. The lowest BCUT2D eigenvalue weighted by Gasteiger charge is -2.45. The summed E-state index contributed by atoms with van der Waals surface area (Å²) in [5.74, 6) is 0.961. The summed E-state index contributed by atoms with van der Waals surface area (Å²) in [6.45, 7) is 1.26. The van der Waals surface area contributed by atoms with Crippen LogP contribution in [0.5, 0.6) is 0 Å². The van der Waals surface area contributed by atoms with E-state index in [9.17, 15) is 0 Å². The average molecular weight is 308 g/mol. The molecule has 1 saturated carbocycles. The lowest BCUT2D eigenvalue weighted by Crippen LogP contribution is -2.46. The van der Waals surface area contributed by atoms with Gasteiger partial charge in [0.15, 0.2) is 0 Å². The number of alkyl halides is 1. The molecule has 18 heavy (non-hydrogen) atoms. The minimum absolute atomic E-state index is 0.822. The second kappa shape index (κ2) is 5.64. The predicted molar refractivity (Wildman–Crippen MR) is 81.4 cm³/mol. The Morgan fingerprint density at radius 1 is 1.00 bits per heavy atom. The van der Waals surface area contributed by atoms with E-state index in [2.05, 4.69) is 45.1 Å². The van der Waals surface area contributed by atoms with Crippen LogP contribution in [0.1, 0.15) is 44.1 Å². The third-order valence-corrected chi connectivity index (χ3v) is 5.31. The number of nitrogens with zero attached hydrogens (tertiary/aromatic N) is 1. The van der Waals surface area contributed by atoms with E-state index in [1.165, 1.54) is 56.3 Å². The van der Waals surface area contributed by atoms with E-state index in [0.29, 0.717) is 0 Å². The van der Waals surface area contributed by atoms with Crippen molar-refractivity contribution >= 4 is 21.6 Å². The van der Waals surface area contributed by atoms with Gasteiger partial charge in [0.1, 0.15) is 0 Å². The highest BCUT2D eigenvalue weighted by atomic mass is 79.9. The van der Waals surface area contributed by atoms with E-state index in [1.54, 1.807) is 0 Å². The second-order valence-corrected chi connectivity index (χ2v) is 6.31. The maximum atomic E-state index is 3.52. The molecule has 1 nitrogen and oxygen atoms in total. The van der Waals surface area contributed by atoms with Crippen LogP contribution in [0.3, 0.4) is 0 Å². The number of benzene rings is 1. The summed E-state index contributed by atoms with van der Waals surface area (Å²) < 4.78 is 0. The molecule has 1 heterocycles. The average Bonchev–Trinajstić information content (AvgIpc) is 2.47. The van der Waals surface area contributed by atoms with Gasteiger partial charge in [-0.2, -0.15) is 0 Å². The minimum atomic E-state index is 0.822. The molecule has 0 spiro atoms. The van der Waals surface area contributed by atoms with E-state index in [1.807, 2.05) is 0 Å². The zero-order valence-corrected chi connectivity index (χ0v) is 12.5.